The maximum absolute atomic E-state index is 5.72. The smallest absolute Gasteiger partial charge is 0.127 e. The van der Waals surface area contributed by atoms with Crippen molar-refractivity contribution in [2.45, 2.75) is 0 Å². The van der Waals surface area contributed by atoms with E-state index in [1.165, 1.54) is 0 Å². The van der Waals surface area contributed by atoms with E-state index in [0.717, 1.165) is 17.2 Å². The molecular weight excluding hydrogens is 308 g/mol. The molecule has 4 N–H and O–H groups in total. The summed E-state index contributed by atoms with van der Waals surface area (Å²) in [6.07, 6.45) is 0. The summed E-state index contributed by atoms with van der Waals surface area (Å²) >= 11 is 0. The van der Waals surface area contributed by atoms with Crippen molar-refractivity contribution in [1.29, 1.82) is 0 Å². The fourth-order valence-corrected chi connectivity index (χ4v) is 1.90. The summed E-state index contributed by atoms with van der Waals surface area (Å²) < 4.78 is 21.9. The summed E-state index contributed by atoms with van der Waals surface area (Å²) in [5.74, 6) is 2.24. The Morgan fingerprint density at radius 3 is 1.75 bits per heavy atom. The predicted molar refractivity (Wildman–Crippen MR) is 93.6 cm³/mol. The van der Waals surface area contributed by atoms with Crippen molar-refractivity contribution in [3.63, 3.8) is 0 Å². The second-order valence-corrected chi connectivity index (χ2v) is 5.00. The van der Waals surface area contributed by atoms with E-state index in [0.29, 0.717) is 45.3 Å². The molecule has 0 aliphatic carbocycles. The Hall–Kier alpha value is -2.28. The molecule has 2 rings (SSSR count). The van der Waals surface area contributed by atoms with Crippen LogP contribution in [0.15, 0.2) is 48.5 Å². The van der Waals surface area contributed by atoms with Gasteiger partial charge in [-0.05, 0) is 48.5 Å². The third-order valence-electron chi connectivity index (χ3n) is 3.07. The first-order chi connectivity index (χ1) is 11.8. The van der Waals surface area contributed by atoms with Gasteiger partial charge in [-0.2, -0.15) is 0 Å². The van der Waals surface area contributed by atoms with Gasteiger partial charge in [0.25, 0.3) is 0 Å². The maximum Gasteiger partial charge on any atom is 0.127 e. The van der Waals surface area contributed by atoms with E-state index in [2.05, 4.69) is 0 Å². The molecule has 0 amide bonds. The monoisotopic (exact) mass is 332 g/mol. The molecule has 0 radical (unpaired) electrons. The third-order valence-corrected chi connectivity index (χ3v) is 3.07. The molecule has 0 fully saturated rings. The molecule has 0 spiro atoms. The lowest BCUT2D eigenvalue weighted by atomic mass is 10.3. The largest absolute Gasteiger partial charge is 0.491 e. The Morgan fingerprint density at radius 2 is 1.12 bits per heavy atom. The van der Waals surface area contributed by atoms with Gasteiger partial charge in [-0.3, -0.25) is 0 Å². The van der Waals surface area contributed by atoms with Gasteiger partial charge in [0.1, 0.15) is 23.9 Å². The normalized spacial score (nSPS) is 10.5. The van der Waals surface area contributed by atoms with E-state index in [-0.39, 0.29) is 0 Å². The Kier molecular flexibility index (Phi) is 7.89. The van der Waals surface area contributed by atoms with Crippen LogP contribution in [0.3, 0.4) is 0 Å². The third kappa shape index (κ3) is 6.87. The number of hydrogen-bond donors (Lipinski definition) is 2. The van der Waals surface area contributed by atoms with Crippen LogP contribution < -0.4 is 20.9 Å². The quantitative estimate of drug-likeness (QED) is 0.485. The average Bonchev–Trinajstić information content (AvgIpc) is 2.61. The van der Waals surface area contributed by atoms with Gasteiger partial charge in [0.15, 0.2) is 0 Å². The van der Waals surface area contributed by atoms with Crippen molar-refractivity contribution in [3.8, 4) is 17.2 Å². The first-order valence-corrected chi connectivity index (χ1v) is 7.90. The van der Waals surface area contributed by atoms with Crippen molar-refractivity contribution < 1.29 is 18.9 Å². The van der Waals surface area contributed by atoms with Crippen LogP contribution in [0, 0.1) is 0 Å². The van der Waals surface area contributed by atoms with Crippen molar-refractivity contribution in [1.82, 2.24) is 0 Å². The fourth-order valence-electron chi connectivity index (χ4n) is 1.90. The lowest BCUT2D eigenvalue weighted by molar-refractivity contribution is 0.0388. The van der Waals surface area contributed by atoms with E-state index in [1.54, 1.807) is 12.1 Å². The number of rotatable bonds is 11. The summed E-state index contributed by atoms with van der Waals surface area (Å²) in [6, 6.07) is 14.7. The summed E-state index contributed by atoms with van der Waals surface area (Å²) in [6.45, 7) is 3.17. The molecule has 0 unspecified atom stereocenters. The summed E-state index contributed by atoms with van der Waals surface area (Å²) in [4.78, 5) is 0. The standard InChI is InChI=1S/C18H24N2O4/c19-9-10-21-11-12-22-13-14-23-16-5-7-18(8-6-16)24-17-3-1-15(20)2-4-17/h1-8H,9-14,19-20H2. The number of ether oxygens (including phenoxy) is 4. The molecule has 0 heterocycles. The Morgan fingerprint density at radius 1 is 0.625 bits per heavy atom. The average molecular weight is 332 g/mol. The van der Waals surface area contributed by atoms with E-state index in [9.17, 15) is 0 Å². The predicted octanol–water partition coefficient (Wildman–Crippen LogP) is 2.43. The Balaban J connectivity index is 1.64. The minimum Gasteiger partial charge on any atom is -0.491 e. The number of nitrogen functional groups attached to an aromatic ring is 1. The molecule has 24 heavy (non-hydrogen) atoms. The number of hydrogen-bond acceptors (Lipinski definition) is 6. The van der Waals surface area contributed by atoms with Crippen molar-refractivity contribution >= 4 is 5.69 Å². The molecule has 6 nitrogen and oxygen atoms in total. The molecule has 2 aromatic rings. The minimum absolute atomic E-state index is 0.481. The molecule has 0 atom stereocenters. The molecule has 0 aromatic heterocycles. The SMILES string of the molecule is NCCOCCOCCOc1ccc(Oc2ccc(N)cc2)cc1. The van der Waals surface area contributed by atoms with Crippen LogP contribution in [0.1, 0.15) is 0 Å². The molecule has 0 saturated heterocycles. The highest BCUT2D eigenvalue weighted by Crippen LogP contribution is 2.24. The lowest BCUT2D eigenvalue weighted by Gasteiger charge is -2.09. The van der Waals surface area contributed by atoms with Crippen LogP contribution in [0.25, 0.3) is 0 Å². The van der Waals surface area contributed by atoms with E-state index < -0.39 is 0 Å². The second-order valence-electron chi connectivity index (χ2n) is 5.00. The first kappa shape index (κ1) is 18.1. The minimum atomic E-state index is 0.481. The van der Waals surface area contributed by atoms with Gasteiger partial charge in [-0.25, -0.2) is 0 Å². The van der Waals surface area contributed by atoms with Crippen LogP contribution in [-0.4, -0.2) is 39.6 Å². The van der Waals surface area contributed by atoms with Crippen LogP contribution in [0.4, 0.5) is 5.69 Å². The number of benzene rings is 2. The molecule has 0 aliphatic rings. The van der Waals surface area contributed by atoms with Crippen molar-refractivity contribution in [2.75, 3.05) is 45.3 Å². The van der Waals surface area contributed by atoms with E-state index in [1.807, 2.05) is 36.4 Å². The molecule has 2 aromatic carbocycles. The van der Waals surface area contributed by atoms with Gasteiger partial charge in [0, 0.05) is 12.2 Å². The summed E-state index contributed by atoms with van der Waals surface area (Å²) in [5.41, 5.74) is 11.7. The molecule has 0 bridgehead atoms. The number of nitrogens with two attached hydrogens (primary N) is 2. The molecular formula is C18H24N2O4. The lowest BCUT2D eigenvalue weighted by Crippen LogP contribution is -2.14. The summed E-state index contributed by atoms with van der Waals surface area (Å²) in [5, 5.41) is 0. The van der Waals surface area contributed by atoms with Gasteiger partial charge in [-0.1, -0.05) is 0 Å². The fraction of sp³-hybridized carbons (Fsp3) is 0.333. The Bertz CT molecular complexity index is 573. The van der Waals surface area contributed by atoms with Gasteiger partial charge >= 0.3 is 0 Å². The Labute approximate surface area is 142 Å². The van der Waals surface area contributed by atoms with E-state index >= 15 is 0 Å². The van der Waals surface area contributed by atoms with Gasteiger partial charge in [0.2, 0.25) is 0 Å². The number of anilines is 1. The van der Waals surface area contributed by atoms with Gasteiger partial charge < -0.3 is 30.4 Å². The zero-order valence-electron chi connectivity index (χ0n) is 13.6. The zero-order chi connectivity index (χ0) is 17.0. The van der Waals surface area contributed by atoms with Crippen LogP contribution in [-0.2, 0) is 9.47 Å². The highest BCUT2D eigenvalue weighted by Gasteiger charge is 1.99. The highest BCUT2D eigenvalue weighted by atomic mass is 16.5. The molecule has 6 heteroatoms. The van der Waals surface area contributed by atoms with Crippen LogP contribution >= 0.6 is 0 Å². The molecule has 0 aliphatic heterocycles. The zero-order valence-corrected chi connectivity index (χ0v) is 13.6. The highest BCUT2D eigenvalue weighted by molar-refractivity contribution is 5.43. The molecule has 130 valence electrons. The van der Waals surface area contributed by atoms with Crippen molar-refractivity contribution in [3.05, 3.63) is 48.5 Å². The van der Waals surface area contributed by atoms with E-state index in [4.69, 9.17) is 30.4 Å². The van der Waals surface area contributed by atoms with Gasteiger partial charge in [-0.15, -0.1) is 0 Å². The topological polar surface area (TPSA) is 89.0 Å². The first-order valence-electron chi connectivity index (χ1n) is 7.90. The molecule has 0 saturated carbocycles. The van der Waals surface area contributed by atoms with Crippen molar-refractivity contribution in [2.24, 2.45) is 5.73 Å². The van der Waals surface area contributed by atoms with Gasteiger partial charge in [0.05, 0.1) is 26.4 Å². The summed E-state index contributed by atoms with van der Waals surface area (Å²) in [7, 11) is 0. The van der Waals surface area contributed by atoms with Crippen LogP contribution in [0.5, 0.6) is 17.2 Å². The second kappa shape index (κ2) is 10.5. The van der Waals surface area contributed by atoms with Crippen LogP contribution in [0.2, 0.25) is 0 Å². The maximum atomic E-state index is 5.72.